The fraction of sp³-hybridized carbons (Fsp3) is 0.261. The molecule has 1 N–H and O–H groups in total. The molecule has 0 spiro atoms. The highest BCUT2D eigenvalue weighted by Gasteiger charge is 2.23. The number of carbonyl (C=O) groups excluding carboxylic acids is 1. The monoisotopic (exact) mass is 387 g/mol. The number of hydrogen-bond acceptors (Lipinski definition) is 5. The zero-order valence-electron chi connectivity index (χ0n) is 16.8. The summed E-state index contributed by atoms with van der Waals surface area (Å²) in [6, 6.07) is 15.9. The maximum atomic E-state index is 13.0. The second-order valence-electron chi connectivity index (χ2n) is 7.34. The molecular formula is C23H25N5O. The minimum absolute atomic E-state index is 0.0321. The molecule has 4 rings (SSSR count). The molecule has 0 bridgehead atoms. The van der Waals surface area contributed by atoms with Crippen molar-refractivity contribution in [3.8, 4) is 0 Å². The first kappa shape index (κ1) is 18.9. The van der Waals surface area contributed by atoms with Gasteiger partial charge in [0, 0.05) is 49.9 Å². The molecule has 1 amide bonds. The quantitative estimate of drug-likeness (QED) is 0.738. The van der Waals surface area contributed by atoms with Crippen LogP contribution >= 0.6 is 0 Å². The molecule has 0 saturated carbocycles. The number of pyridine rings is 2. The molecule has 1 aliphatic heterocycles. The first-order chi connectivity index (χ1) is 14.1. The molecule has 6 nitrogen and oxygen atoms in total. The maximum Gasteiger partial charge on any atom is 0.272 e. The van der Waals surface area contributed by atoms with E-state index in [1.54, 1.807) is 12.4 Å². The van der Waals surface area contributed by atoms with Gasteiger partial charge in [-0.25, -0.2) is 4.98 Å². The van der Waals surface area contributed by atoms with E-state index in [0.717, 1.165) is 35.8 Å². The van der Waals surface area contributed by atoms with Gasteiger partial charge >= 0.3 is 0 Å². The second kappa shape index (κ2) is 8.31. The highest BCUT2D eigenvalue weighted by molar-refractivity contribution is 5.93. The first-order valence-electron chi connectivity index (χ1n) is 9.86. The topological polar surface area (TPSA) is 61.4 Å². The number of benzene rings is 1. The van der Waals surface area contributed by atoms with Gasteiger partial charge in [-0.2, -0.15) is 0 Å². The molecule has 1 aromatic carbocycles. The second-order valence-corrected chi connectivity index (χ2v) is 7.34. The summed E-state index contributed by atoms with van der Waals surface area (Å²) < 4.78 is 0. The molecule has 1 fully saturated rings. The van der Waals surface area contributed by atoms with Crippen molar-refractivity contribution in [2.45, 2.75) is 13.8 Å². The van der Waals surface area contributed by atoms with Crippen LogP contribution in [0.3, 0.4) is 0 Å². The molecule has 0 radical (unpaired) electrons. The van der Waals surface area contributed by atoms with E-state index in [9.17, 15) is 4.79 Å². The number of amides is 1. The van der Waals surface area contributed by atoms with Gasteiger partial charge in [0.05, 0.1) is 0 Å². The number of piperazine rings is 1. The minimum Gasteiger partial charge on any atom is -0.355 e. The Morgan fingerprint density at radius 3 is 2.52 bits per heavy atom. The zero-order chi connectivity index (χ0) is 20.2. The molecule has 148 valence electrons. The Bertz CT molecular complexity index is 997. The standard InChI is InChI=1S/C23H25N5O/c1-17-6-7-18(2)20(15-17)26-19-8-10-24-21(16-19)23(29)28-13-11-27(12-14-28)22-5-3-4-9-25-22/h3-10,15-16H,11-14H2,1-2H3,(H,24,26). The van der Waals surface area contributed by atoms with Crippen LogP contribution in [0.5, 0.6) is 0 Å². The molecular weight excluding hydrogens is 362 g/mol. The number of anilines is 3. The van der Waals surface area contributed by atoms with Gasteiger partial charge in [-0.1, -0.05) is 18.2 Å². The zero-order valence-corrected chi connectivity index (χ0v) is 16.8. The molecule has 0 atom stereocenters. The average Bonchev–Trinajstić information content (AvgIpc) is 2.77. The predicted molar refractivity (Wildman–Crippen MR) is 116 cm³/mol. The molecule has 1 aliphatic rings. The SMILES string of the molecule is Cc1ccc(C)c(Nc2ccnc(C(=O)N3CCN(c4ccccn4)CC3)c2)c1. The summed E-state index contributed by atoms with van der Waals surface area (Å²) in [4.78, 5) is 25.8. The van der Waals surface area contributed by atoms with Crippen molar-refractivity contribution < 1.29 is 4.79 Å². The Balaban J connectivity index is 1.43. The van der Waals surface area contributed by atoms with Gasteiger partial charge in [0.2, 0.25) is 0 Å². The number of aromatic nitrogens is 2. The van der Waals surface area contributed by atoms with Crippen LogP contribution in [-0.4, -0.2) is 47.0 Å². The number of nitrogens with zero attached hydrogens (tertiary/aromatic N) is 4. The van der Waals surface area contributed by atoms with Crippen molar-refractivity contribution in [3.05, 3.63) is 77.7 Å². The van der Waals surface area contributed by atoms with Gasteiger partial charge in [-0.15, -0.1) is 0 Å². The van der Waals surface area contributed by atoms with Gasteiger partial charge in [0.15, 0.2) is 0 Å². The summed E-state index contributed by atoms with van der Waals surface area (Å²) in [7, 11) is 0. The molecule has 3 aromatic rings. The van der Waals surface area contributed by atoms with Gasteiger partial charge < -0.3 is 15.1 Å². The third kappa shape index (κ3) is 4.37. The summed E-state index contributed by atoms with van der Waals surface area (Å²) in [5.74, 6) is 0.924. The van der Waals surface area contributed by atoms with Crippen LogP contribution in [0.4, 0.5) is 17.2 Å². The van der Waals surface area contributed by atoms with Crippen molar-refractivity contribution in [3.63, 3.8) is 0 Å². The number of hydrogen-bond donors (Lipinski definition) is 1. The summed E-state index contributed by atoms with van der Waals surface area (Å²) in [6.07, 6.45) is 3.48. The highest BCUT2D eigenvalue weighted by atomic mass is 16.2. The normalized spacial score (nSPS) is 14.0. The van der Waals surface area contributed by atoms with Crippen molar-refractivity contribution in [2.75, 3.05) is 36.4 Å². The molecule has 2 aromatic heterocycles. The Hall–Kier alpha value is -3.41. The summed E-state index contributed by atoms with van der Waals surface area (Å²) in [6.45, 7) is 6.98. The van der Waals surface area contributed by atoms with Crippen LogP contribution in [0, 0.1) is 13.8 Å². The van der Waals surface area contributed by atoms with Crippen LogP contribution in [0.25, 0.3) is 0 Å². The predicted octanol–water partition coefficient (Wildman–Crippen LogP) is 3.80. The molecule has 0 unspecified atom stereocenters. The van der Waals surface area contributed by atoms with Crippen LogP contribution in [-0.2, 0) is 0 Å². The summed E-state index contributed by atoms with van der Waals surface area (Å²) >= 11 is 0. The highest BCUT2D eigenvalue weighted by Crippen LogP contribution is 2.22. The largest absolute Gasteiger partial charge is 0.355 e. The van der Waals surface area contributed by atoms with E-state index in [2.05, 4.69) is 52.2 Å². The van der Waals surface area contributed by atoms with E-state index in [1.807, 2.05) is 35.2 Å². The Morgan fingerprint density at radius 1 is 0.931 bits per heavy atom. The molecule has 6 heteroatoms. The van der Waals surface area contributed by atoms with Crippen LogP contribution in [0.15, 0.2) is 60.9 Å². The number of rotatable bonds is 4. The fourth-order valence-electron chi connectivity index (χ4n) is 3.49. The minimum atomic E-state index is -0.0321. The van der Waals surface area contributed by atoms with Gasteiger partial charge in [0.1, 0.15) is 11.5 Å². The van der Waals surface area contributed by atoms with Crippen LogP contribution in [0.2, 0.25) is 0 Å². The maximum absolute atomic E-state index is 13.0. The lowest BCUT2D eigenvalue weighted by Gasteiger charge is -2.35. The fourth-order valence-corrected chi connectivity index (χ4v) is 3.49. The molecule has 1 saturated heterocycles. The third-order valence-corrected chi connectivity index (χ3v) is 5.19. The molecule has 29 heavy (non-hydrogen) atoms. The smallest absolute Gasteiger partial charge is 0.272 e. The van der Waals surface area contributed by atoms with E-state index < -0.39 is 0 Å². The third-order valence-electron chi connectivity index (χ3n) is 5.19. The van der Waals surface area contributed by atoms with Crippen LogP contribution in [0.1, 0.15) is 21.6 Å². The van der Waals surface area contributed by atoms with Crippen molar-refractivity contribution in [2.24, 2.45) is 0 Å². The van der Waals surface area contributed by atoms with Gasteiger partial charge in [-0.05, 0) is 55.3 Å². The lowest BCUT2D eigenvalue weighted by molar-refractivity contribution is 0.0740. The van der Waals surface area contributed by atoms with E-state index in [-0.39, 0.29) is 5.91 Å². The van der Waals surface area contributed by atoms with E-state index in [1.165, 1.54) is 5.56 Å². The van der Waals surface area contributed by atoms with E-state index >= 15 is 0 Å². The van der Waals surface area contributed by atoms with Crippen molar-refractivity contribution in [1.82, 2.24) is 14.9 Å². The Kier molecular flexibility index (Phi) is 5.42. The van der Waals surface area contributed by atoms with Crippen molar-refractivity contribution in [1.29, 1.82) is 0 Å². The van der Waals surface area contributed by atoms with Gasteiger partial charge in [-0.3, -0.25) is 9.78 Å². The van der Waals surface area contributed by atoms with E-state index in [4.69, 9.17) is 0 Å². The molecule has 3 heterocycles. The van der Waals surface area contributed by atoms with E-state index in [0.29, 0.717) is 18.8 Å². The van der Waals surface area contributed by atoms with Crippen LogP contribution < -0.4 is 10.2 Å². The molecule has 0 aliphatic carbocycles. The number of nitrogens with one attached hydrogen (secondary N) is 1. The number of aryl methyl sites for hydroxylation is 2. The van der Waals surface area contributed by atoms with Crippen molar-refractivity contribution >= 4 is 23.1 Å². The average molecular weight is 387 g/mol. The lowest BCUT2D eigenvalue weighted by atomic mass is 10.1. The Morgan fingerprint density at radius 2 is 1.76 bits per heavy atom. The summed E-state index contributed by atoms with van der Waals surface area (Å²) in [5, 5.41) is 3.41. The Labute approximate surface area is 171 Å². The lowest BCUT2D eigenvalue weighted by Crippen LogP contribution is -2.49. The number of carbonyl (C=O) groups is 1. The van der Waals surface area contributed by atoms with Gasteiger partial charge in [0.25, 0.3) is 5.91 Å². The summed E-state index contributed by atoms with van der Waals surface area (Å²) in [5.41, 5.74) is 4.72. The first-order valence-corrected chi connectivity index (χ1v) is 9.86.